The molecule has 138 valence electrons. The zero-order valence-electron chi connectivity index (χ0n) is 14.6. The van der Waals surface area contributed by atoms with Crippen LogP contribution in [-0.2, 0) is 0 Å². The van der Waals surface area contributed by atoms with E-state index in [1.807, 2.05) is 24.3 Å². The fourth-order valence-corrected chi connectivity index (χ4v) is 3.02. The van der Waals surface area contributed by atoms with Crippen molar-refractivity contribution in [2.45, 2.75) is 0 Å². The van der Waals surface area contributed by atoms with Gasteiger partial charge in [-0.15, -0.1) is 0 Å². The van der Waals surface area contributed by atoms with Gasteiger partial charge in [-0.25, -0.2) is 10.8 Å². The van der Waals surface area contributed by atoms with Crippen LogP contribution in [0.15, 0.2) is 67.0 Å². The number of rotatable bonds is 3. The second-order valence-electron chi connectivity index (χ2n) is 6.20. The molecule has 2 heterocycles. The minimum Gasteiger partial charge on any atom is -0.504 e. The Morgan fingerprint density at radius 2 is 1.61 bits per heavy atom. The number of pyridine rings is 2. The molecule has 4 rings (SSSR count). The Morgan fingerprint density at radius 3 is 2.32 bits per heavy atom. The van der Waals surface area contributed by atoms with E-state index in [-0.39, 0.29) is 11.5 Å². The molecule has 2 aromatic carbocycles. The van der Waals surface area contributed by atoms with Crippen molar-refractivity contribution >= 4 is 16.8 Å². The lowest BCUT2D eigenvalue weighted by Gasteiger charge is -2.09. The predicted molar refractivity (Wildman–Crippen MR) is 105 cm³/mol. The molecule has 4 aromatic rings. The van der Waals surface area contributed by atoms with Gasteiger partial charge in [0.05, 0.1) is 16.8 Å². The van der Waals surface area contributed by atoms with Crippen LogP contribution in [0.2, 0.25) is 0 Å². The Morgan fingerprint density at radius 1 is 0.893 bits per heavy atom. The summed E-state index contributed by atoms with van der Waals surface area (Å²) in [7, 11) is 0. The normalized spacial score (nSPS) is 10.8. The number of fused-ring (bicyclic) bond motifs is 1. The summed E-state index contributed by atoms with van der Waals surface area (Å²) in [5, 5.41) is 19.8. The lowest BCUT2D eigenvalue weighted by Crippen LogP contribution is -2.30. The number of phenols is 2. The van der Waals surface area contributed by atoms with E-state index in [1.54, 1.807) is 30.6 Å². The van der Waals surface area contributed by atoms with Crippen LogP contribution >= 0.6 is 0 Å². The van der Waals surface area contributed by atoms with Crippen LogP contribution < -0.4 is 11.3 Å². The van der Waals surface area contributed by atoms with Gasteiger partial charge in [-0.05, 0) is 35.4 Å². The number of benzene rings is 2. The molecular weight excluding hydrogens is 356 g/mol. The maximum Gasteiger partial charge on any atom is 0.265 e. The first-order chi connectivity index (χ1) is 13.6. The third-order valence-corrected chi connectivity index (χ3v) is 4.48. The summed E-state index contributed by atoms with van der Waals surface area (Å²) in [6.07, 6.45) is 3.20. The van der Waals surface area contributed by atoms with Crippen molar-refractivity contribution in [2.75, 3.05) is 0 Å². The Balaban J connectivity index is 1.77. The summed E-state index contributed by atoms with van der Waals surface area (Å²) in [4.78, 5) is 20.8. The van der Waals surface area contributed by atoms with Crippen molar-refractivity contribution in [3.05, 3.63) is 72.6 Å². The van der Waals surface area contributed by atoms with E-state index in [0.717, 1.165) is 16.7 Å². The van der Waals surface area contributed by atoms with E-state index in [0.29, 0.717) is 22.2 Å². The number of phenolic OH excluding ortho intramolecular Hbond substituents is 2. The second-order valence-corrected chi connectivity index (χ2v) is 6.20. The molecule has 28 heavy (non-hydrogen) atoms. The number of nitrogens with one attached hydrogen (secondary N) is 1. The van der Waals surface area contributed by atoms with Gasteiger partial charge < -0.3 is 10.2 Å². The lowest BCUT2D eigenvalue weighted by molar-refractivity contribution is 0.0955. The van der Waals surface area contributed by atoms with Gasteiger partial charge in [0.2, 0.25) is 0 Å². The Labute approximate surface area is 160 Å². The highest BCUT2D eigenvalue weighted by molar-refractivity contribution is 6.06. The SMILES string of the molecule is NNC(=O)c1cc(-c2ccc(-c3ccc(O)c(O)c3)cc2)nc2ccncc12. The summed E-state index contributed by atoms with van der Waals surface area (Å²) < 4.78 is 0. The molecule has 0 atom stereocenters. The van der Waals surface area contributed by atoms with Gasteiger partial charge in [-0.2, -0.15) is 0 Å². The molecule has 0 saturated heterocycles. The van der Waals surface area contributed by atoms with Gasteiger partial charge in [0.25, 0.3) is 5.91 Å². The minimum atomic E-state index is -0.419. The van der Waals surface area contributed by atoms with Crippen LogP contribution in [0.25, 0.3) is 33.3 Å². The van der Waals surface area contributed by atoms with Crippen molar-refractivity contribution in [3.63, 3.8) is 0 Å². The number of aromatic hydroxyl groups is 2. The van der Waals surface area contributed by atoms with Gasteiger partial charge in [-0.3, -0.25) is 15.2 Å². The van der Waals surface area contributed by atoms with Gasteiger partial charge in [0, 0.05) is 23.3 Å². The highest BCUT2D eigenvalue weighted by atomic mass is 16.3. The van der Waals surface area contributed by atoms with E-state index < -0.39 is 5.91 Å². The topological polar surface area (TPSA) is 121 Å². The number of nitrogens with two attached hydrogens (primary N) is 1. The maximum atomic E-state index is 12.2. The van der Waals surface area contributed by atoms with Gasteiger partial charge in [-0.1, -0.05) is 30.3 Å². The Bertz CT molecular complexity index is 1190. The number of nitrogens with zero attached hydrogens (tertiary/aromatic N) is 2. The molecule has 7 heteroatoms. The molecule has 0 aliphatic rings. The van der Waals surface area contributed by atoms with Crippen LogP contribution in [0.1, 0.15) is 10.4 Å². The van der Waals surface area contributed by atoms with Crippen molar-refractivity contribution in [2.24, 2.45) is 5.84 Å². The van der Waals surface area contributed by atoms with E-state index in [2.05, 4.69) is 15.4 Å². The molecule has 1 amide bonds. The Kier molecular flexibility index (Phi) is 4.35. The first kappa shape index (κ1) is 17.4. The average Bonchev–Trinajstić information content (AvgIpc) is 2.74. The third-order valence-electron chi connectivity index (χ3n) is 4.48. The molecule has 0 bridgehead atoms. The highest BCUT2D eigenvalue weighted by Gasteiger charge is 2.13. The molecule has 2 aromatic heterocycles. The van der Waals surface area contributed by atoms with Gasteiger partial charge >= 0.3 is 0 Å². The first-order valence-electron chi connectivity index (χ1n) is 8.45. The van der Waals surface area contributed by atoms with Crippen molar-refractivity contribution in [1.29, 1.82) is 0 Å². The fraction of sp³-hybridized carbons (Fsp3) is 0. The summed E-state index contributed by atoms with van der Waals surface area (Å²) in [5.74, 6) is 4.55. The molecule has 7 nitrogen and oxygen atoms in total. The quantitative estimate of drug-likeness (QED) is 0.190. The zero-order valence-corrected chi connectivity index (χ0v) is 14.6. The molecule has 0 aliphatic heterocycles. The third kappa shape index (κ3) is 3.10. The summed E-state index contributed by atoms with van der Waals surface area (Å²) >= 11 is 0. The number of aromatic nitrogens is 2. The number of hydrazine groups is 1. The van der Waals surface area contributed by atoms with Crippen LogP contribution in [0.3, 0.4) is 0 Å². The van der Waals surface area contributed by atoms with Crippen molar-refractivity contribution < 1.29 is 15.0 Å². The average molecular weight is 372 g/mol. The molecule has 5 N–H and O–H groups in total. The van der Waals surface area contributed by atoms with E-state index in [4.69, 9.17) is 5.84 Å². The standard InChI is InChI=1S/C21H16N4O3/c22-25-21(28)15-10-18(24-17-7-8-23-11-16(15)17)13-3-1-12(2-4-13)14-5-6-19(26)20(27)9-14/h1-11,26-27H,22H2,(H,25,28). The van der Waals surface area contributed by atoms with Crippen LogP contribution in [0.4, 0.5) is 0 Å². The number of carbonyl (C=O) groups excluding carboxylic acids is 1. The number of hydrogen-bond acceptors (Lipinski definition) is 6. The van der Waals surface area contributed by atoms with Crippen molar-refractivity contribution in [1.82, 2.24) is 15.4 Å². The molecule has 0 aliphatic carbocycles. The second kappa shape index (κ2) is 6.98. The largest absolute Gasteiger partial charge is 0.504 e. The Hall–Kier alpha value is -3.97. The lowest BCUT2D eigenvalue weighted by atomic mass is 10.0. The summed E-state index contributed by atoms with van der Waals surface area (Å²) in [6.45, 7) is 0. The number of carbonyl (C=O) groups is 1. The maximum absolute atomic E-state index is 12.2. The molecular formula is C21H16N4O3. The van der Waals surface area contributed by atoms with Gasteiger partial charge in [0.15, 0.2) is 11.5 Å². The van der Waals surface area contributed by atoms with Gasteiger partial charge in [0.1, 0.15) is 0 Å². The summed E-state index contributed by atoms with van der Waals surface area (Å²) in [5.41, 5.74) is 6.25. The van der Waals surface area contributed by atoms with Crippen LogP contribution in [0.5, 0.6) is 11.5 Å². The number of amides is 1. The molecule has 0 unspecified atom stereocenters. The number of hydrogen-bond donors (Lipinski definition) is 4. The van der Waals surface area contributed by atoms with E-state index in [9.17, 15) is 15.0 Å². The molecule has 0 spiro atoms. The fourth-order valence-electron chi connectivity index (χ4n) is 3.02. The highest BCUT2D eigenvalue weighted by Crippen LogP contribution is 2.32. The van der Waals surface area contributed by atoms with E-state index >= 15 is 0 Å². The molecule has 0 saturated carbocycles. The van der Waals surface area contributed by atoms with E-state index in [1.165, 1.54) is 12.1 Å². The predicted octanol–water partition coefficient (Wildman–Crippen LogP) is 2.98. The van der Waals surface area contributed by atoms with Crippen LogP contribution in [-0.4, -0.2) is 26.1 Å². The number of nitrogen functional groups attached to an aromatic ring is 1. The van der Waals surface area contributed by atoms with Crippen LogP contribution in [0, 0.1) is 0 Å². The molecule has 0 radical (unpaired) electrons. The minimum absolute atomic E-state index is 0.166. The zero-order chi connectivity index (χ0) is 19.7. The summed E-state index contributed by atoms with van der Waals surface area (Å²) in [6, 6.07) is 15.6. The molecule has 0 fully saturated rings. The first-order valence-corrected chi connectivity index (χ1v) is 8.45. The monoisotopic (exact) mass is 372 g/mol. The van der Waals surface area contributed by atoms with Crippen molar-refractivity contribution in [3.8, 4) is 33.9 Å². The smallest absolute Gasteiger partial charge is 0.265 e.